The number of aromatic nitrogens is 2. The van der Waals surface area contributed by atoms with Crippen LogP contribution in [0.15, 0.2) is 45.5 Å². The molecular formula is C21H20BrClN4O2. The Morgan fingerprint density at radius 1 is 1.17 bits per heavy atom. The highest BCUT2D eigenvalue weighted by Gasteiger charge is 2.29. The molecule has 8 heteroatoms. The number of nitrogens with zero attached hydrogens (tertiary/aromatic N) is 4. The van der Waals surface area contributed by atoms with Gasteiger partial charge >= 0.3 is 0 Å². The van der Waals surface area contributed by atoms with Gasteiger partial charge in [0.2, 0.25) is 0 Å². The van der Waals surface area contributed by atoms with Gasteiger partial charge in [-0.2, -0.15) is 0 Å². The van der Waals surface area contributed by atoms with E-state index >= 15 is 0 Å². The predicted molar refractivity (Wildman–Crippen MR) is 116 cm³/mol. The molecule has 1 fully saturated rings. The lowest BCUT2D eigenvalue weighted by atomic mass is 10.0. The normalized spacial score (nSPS) is 14.3. The third kappa shape index (κ3) is 3.89. The zero-order valence-electron chi connectivity index (χ0n) is 16.2. The van der Waals surface area contributed by atoms with Crippen molar-refractivity contribution in [1.29, 1.82) is 0 Å². The summed E-state index contributed by atoms with van der Waals surface area (Å²) in [6.07, 6.45) is 1.80. The molecule has 150 valence electrons. The molecule has 3 aromatic rings. The van der Waals surface area contributed by atoms with Gasteiger partial charge in [-0.25, -0.2) is 4.98 Å². The molecule has 2 aromatic heterocycles. The third-order valence-corrected chi connectivity index (χ3v) is 5.85. The van der Waals surface area contributed by atoms with E-state index in [4.69, 9.17) is 16.1 Å². The fraction of sp³-hybridized carbons (Fsp3) is 0.286. The molecule has 3 heterocycles. The van der Waals surface area contributed by atoms with Gasteiger partial charge in [0, 0.05) is 42.4 Å². The summed E-state index contributed by atoms with van der Waals surface area (Å²) in [4.78, 5) is 21.9. The zero-order chi connectivity index (χ0) is 20.5. The van der Waals surface area contributed by atoms with Crippen LogP contribution >= 0.6 is 27.5 Å². The van der Waals surface area contributed by atoms with Crippen LogP contribution in [-0.4, -0.2) is 47.1 Å². The van der Waals surface area contributed by atoms with Crippen molar-refractivity contribution in [2.75, 3.05) is 31.1 Å². The summed E-state index contributed by atoms with van der Waals surface area (Å²) in [7, 11) is 0. The van der Waals surface area contributed by atoms with Crippen LogP contribution in [0.1, 0.15) is 21.7 Å². The van der Waals surface area contributed by atoms with Gasteiger partial charge in [0.1, 0.15) is 22.8 Å². The predicted octanol–water partition coefficient (Wildman–Crippen LogP) is 4.73. The molecule has 0 bridgehead atoms. The van der Waals surface area contributed by atoms with Crippen molar-refractivity contribution < 1.29 is 9.32 Å². The Kier molecular flexibility index (Phi) is 5.61. The molecule has 0 aliphatic carbocycles. The maximum atomic E-state index is 13.3. The minimum absolute atomic E-state index is 0.0844. The van der Waals surface area contributed by atoms with Crippen LogP contribution in [-0.2, 0) is 0 Å². The Balaban J connectivity index is 1.54. The highest BCUT2D eigenvalue weighted by atomic mass is 79.9. The number of piperazine rings is 1. The number of carbonyl (C=O) groups excluding carboxylic acids is 1. The lowest BCUT2D eigenvalue weighted by molar-refractivity contribution is 0.0745. The van der Waals surface area contributed by atoms with Crippen LogP contribution < -0.4 is 4.90 Å². The van der Waals surface area contributed by atoms with E-state index in [2.05, 4.69) is 37.0 Å². The van der Waals surface area contributed by atoms with E-state index in [-0.39, 0.29) is 5.91 Å². The smallest absolute Gasteiger partial charge is 0.259 e. The number of anilines is 1. The highest BCUT2D eigenvalue weighted by Crippen LogP contribution is 2.32. The topological polar surface area (TPSA) is 62.5 Å². The van der Waals surface area contributed by atoms with Crippen LogP contribution in [0, 0.1) is 13.8 Å². The van der Waals surface area contributed by atoms with Gasteiger partial charge in [-0.05, 0) is 47.5 Å². The number of halogens is 2. The Hall–Kier alpha value is -2.38. The average molecular weight is 476 g/mol. The van der Waals surface area contributed by atoms with Crippen molar-refractivity contribution in [3.05, 3.63) is 62.9 Å². The van der Waals surface area contributed by atoms with E-state index in [1.54, 1.807) is 19.2 Å². The summed E-state index contributed by atoms with van der Waals surface area (Å²) in [5.74, 6) is 1.37. The summed E-state index contributed by atoms with van der Waals surface area (Å²) < 4.78 is 6.31. The van der Waals surface area contributed by atoms with Gasteiger partial charge in [-0.15, -0.1) is 0 Å². The number of rotatable bonds is 3. The number of hydrogen-bond acceptors (Lipinski definition) is 5. The molecule has 1 amide bonds. The summed E-state index contributed by atoms with van der Waals surface area (Å²) in [6.45, 7) is 6.43. The SMILES string of the molecule is Cc1cc(Br)cnc1N1CCN(C(=O)c2c(-c3ccccc3Cl)noc2C)CC1. The maximum Gasteiger partial charge on any atom is 0.259 e. The lowest BCUT2D eigenvalue weighted by Gasteiger charge is -2.36. The first-order valence-corrected chi connectivity index (χ1v) is 10.5. The second-order valence-electron chi connectivity index (χ2n) is 7.02. The Morgan fingerprint density at radius 3 is 2.59 bits per heavy atom. The number of benzene rings is 1. The molecule has 0 N–H and O–H groups in total. The number of pyridine rings is 1. The van der Waals surface area contributed by atoms with Crippen LogP contribution in [0.3, 0.4) is 0 Å². The molecule has 0 atom stereocenters. The maximum absolute atomic E-state index is 13.3. The second-order valence-corrected chi connectivity index (χ2v) is 8.34. The first-order chi connectivity index (χ1) is 14.0. The van der Waals surface area contributed by atoms with Crippen LogP contribution in [0.5, 0.6) is 0 Å². The van der Waals surface area contributed by atoms with Gasteiger partial charge in [0.15, 0.2) is 0 Å². The first kappa shape index (κ1) is 19.9. The van der Waals surface area contributed by atoms with E-state index in [1.165, 1.54) is 0 Å². The van der Waals surface area contributed by atoms with Crippen molar-refractivity contribution >= 4 is 39.3 Å². The van der Waals surface area contributed by atoms with Gasteiger partial charge in [0.05, 0.1) is 5.02 Å². The van der Waals surface area contributed by atoms with Crippen molar-refractivity contribution in [3.63, 3.8) is 0 Å². The molecular weight excluding hydrogens is 456 g/mol. The van der Waals surface area contributed by atoms with E-state index in [0.29, 0.717) is 53.8 Å². The van der Waals surface area contributed by atoms with Crippen molar-refractivity contribution in [1.82, 2.24) is 15.0 Å². The molecule has 0 spiro atoms. The fourth-order valence-corrected chi connectivity index (χ4v) is 4.28. The number of carbonyl (C=O) groups is 1. The van der Waals surface area contributed by atoms with E-state index in [1.807, 2.05) is 30.0 Å². The lowest BCUT2D eigenvalue weighted by Crippen LogP contribution is -2.49. The quantitative estimate of drug-likeness (QED) is 0.548. The third-order valence-electron chi connectivity index (χ3n) is 5.09. The molecule has 4 rings (SSSR count). The Morgan fingerprint density at radius 2 is 1.90 bits per heavy atom. The van der Waals surface area contributed by atoms with E-state index in [9.17, 15) is 4.79 Å². The van der Waals surface area contributed by atoms with Crippen molar-refractivity contribution in [2.45, 2.75) is 13.8 Å². The van der Waals surface area contributed by atoms with Gasteiger partial charge in [-0.3, -0.25) is 4.79 Å². The Bertz CT molecular complexity index is 1060. The number of aryl methyl sites for hydroxylation is 2. The zero-order valence-corrected chi connectivity index (χ0v) is 18.5. The molecule has 0 saturated carbocycles. The summed E-state index contributed by atoms with van der Waals surface area (Å²) in [5, 5.41) is 4.65. The standard InChI is InChI=1S/C21H20BrClN4O2/c1-13-11-15(22)12-24-20(13)26-7-9-27(10-8-26)21(28)18-14(2)29-25-19(18)16-5-3-4-6-17(16)23/h3-6,11-12H,7-10H2,1-2H3. The summed E-state index contributed by atoms with van der Waals surface area (Å²) in [6, 6.07) is 9.39. The molecule has 0 unspecified atom stereocenters. The summed E-state index contributed by atoms with van der Waals surface area (Å²) >= 11 is 9.77. The fourth-order valence-electron chi connectivity index (χ4n) is 3.60. The van der Waals surface area contributed by atoms with Gasteiger partial charge in [-0.1, -0.05) is 35.0 Å². The monoisotopic (exact) mass is 474 g/mol. The molecule has 0 radical (unpaired) electrons. The summed E-state index contributed by atoms with van der Waals surface area (Å²) in [5.41, 5.74) is 2.77. The van der Waals surface area contributed by atoms with Crippen molar-refractivity contribution in [3.8, 4) is 11.3 Å². The van der Waals surface area contributed by atoms with Crippen molar-refractivity contribution in [2.24, 2.45) is 0 Å². The van der Waals surface area contributed by atoms with Crippen LogP contribution in [0.4, 0.5) is 5.82 Å². The highest BCUT2D eigenvalue weighted by molar-refractivity contribution is 9.10. The van der Waals surface area contributed by atoms with Crippen LogP contribution in [0.2, 0.25) is 5.02 Å². The minimum Gasteiger partial charge on any atom is -0.360 e. The van der Waals surface area contributed by atoms with E-state index in [0.717, 1.165) is 15.9 Å². The first-order valence-electron chi connectivity index (χ1n) is 9.33. The van der Waals surface area contributed by atoms with E-state index < -0.39 is 0 Å². The Labute approximate surface area is 182 Å². The molecule has 29 heavy (non-hydrogen) atoms. The van der Waals surface area contributed by atoms with Gasteiger partial charge in [0.25, 0.3) is 5.91 Å². The number of hydrogen-bond donors (Lipinski definition) is 0. The molecule has 1 saturated heterocycles. The van der Waals surface area contributed by atoms with Gasteiger partial charge < -0.3 is 14.3 Å². The minimum atomic E-state index is -0.0844. The average Bonchev–Trinajstić information content (AvgIpc) is 3.09. The molecule has 1 aliphatic heterocycles. The second kappa shape index (κ2) is 8.16. The molecule has 6 nitrogen and oxygen atoms in total. The molecule has 1 aliphatic rings. The largest absolute Gasteiger partial charge is 0.360 e. The number of amides is 1. The molecule has 1 aromatic carbocycles. The van der Waals surface area contributed by atoms with Crippen LogP contribution in [0.25, 0.3) is 11.3 Å².